The summed E-state index contributed by atoms with van der Waals surface area (Å²) in [4.78, 5) is 23.9. The molecule has 2 aliphatic rings. The predicted molar refractivity (Wildman–Crippen MR) is 47.2 cm³/mol. The third-order valence-corrected chi connectivity index (χ3v) is 2.70. The van der Waals surface area contributed by atoms with Gasteiger partial charge in [-0.15, -0.1) is 4.91 Å². The molecule has 0 aromatic carbocycles. The first-order valence-electron chi connectivity index (χ1n) is 4.63. The highest BCUT2D eigenvalue weighted by atomic mass is 16.3. The summed E-state index contributed by atoms with van der Waals surface area (Å²) < 4.78 is 0. The second kappa shape index (κ2) is 3.06. The number of hydrogen-bond donors (Lipinski definition) is 1. The lowest BCUT2D eigenvalue weighted by Crippen LogP contribution is -2.50. The summed E-state index contributed by atoms with van der Waals surface area (Å²) in [5.41, 5.74) is -0.864. The average Bonchev–Trinajstić information content (AvgIpc) is 2.99. The van der Waals surface area contributed by atoms with Crippen LogP contribution in [0.3, 0.4) is 0 Å². The Bertz CT molecular complexity index is 232. The first-order valence-corrected chi connectivity index (χ1v) is 4.63. The third-order valence-electron chi connectivity index (χ3n) is 2.70. The van der Waals surface area contributed by atoms with Crippen molar-refractivity contribution in [2.45, 2.75) is 18.4 Å². The van der Waals surface area contributed by atoms with Crippen LogP contribution in [0, 0.1) is 4.91 Å². The lowest BCUT2D eigenvalue weighted by atomic mass is 10.2. The minimum atomic E-state index is -0.864. The molecule has 0 aromatic heterocycles. The summed E-state index contributed by atoms with van der Waals surface area (Å²) in [6, 6.07) is 0. The maximum Gasteiger partial charge on any atom is 0.254 e. The Kier molecular flexibility index (Phi) is 2.03. The Morgan fingerprint density at radius 1 is 1.31 bits per heavy atom. The first-order chi connectivity index (χ1) is 6.28. The van der Waals surface area contributed by atoms with E-state index in [0.29, 0.717) is 25.9 Å². The van der Waals surface area contributed by atoms with Gasteiger partial charge < -0.3 is 10.2 Å². The zero-order chi connectivity index (χ0) is 9.31. The standard InChI is InChI=1S/C8H13N3O2/c12-7(8(10-13)1-2-8)11-5-3-9-4-6-11/h9H,1-6H2. The molecule has 2 fully saturated rings. The first kappa shape index (κ1) is 8.62. The Morgan fingerprint density at radius 3 is 2.38 bits per heavy atom. The molecule has 72 valence electrons. The predicted octanol–water partition coefficient (Wildman–Crippen LogP) is -0.283. The van der Waals surface area contributed by atoms with E-state index in [1.807, 2.05) is 0 Å². The molecular weight excluding hydrogens is 170 g/mol. The van der Waals surface area contributed by atoms with Gasteiger partial charge in [0.25, 0.3) is 5.91 Å². The van der Waals surface area contributed by atoms with Gasteiger partial charge in [-0.25, -0.2) is 0 Å². The normalized spacial score (nSPS) is 25.4. The van der Waals surface area contributed by atoms with Crippen molar-refractivity contribution in [3.63, 3.8) is 0 Å². The van der Waals surface area contributed by atoms with Gasteiger partial charge in [-0.2, -0.15) is 0 Å². The second-order valence-electron chi connectivity index (χ2n) is 3.67. The zero-order valence-electron chi connectivity index (χ0n) is 7.45. The highest BCUT2D eigenvalue weighted by Crippen LogP contribution is 2.41. The molecule has 1 N–H and O–H groups in total. The monoisotopic (exact) mass is 183 g/mol. The molecule has 2 rings (SSSR count). The highest BCUT2D eigenvalue weighted by Gasteiger charge is 2.54. The quantitative estimate of drug-likeness (QED) is 0.599. The van der Waals surface area contributed by atoms with Gasteiger partial charge in [0.2, 0.25) is 0 Å². The molecule has 0 radical (unpaired) electrons. The SMILES string of the molecule is O=NC1(C(=O)N2CCNCC2)CC1. The molecular formula is C8H13N3O2. The van der Waals surface area contributed by atoms with Crippen molar-refractivity contribution in [3.8, 4) is 0 Å². The van der Waals surface area contributed by atoms with Gasteiger partial charge in [0.05, 0.1) is 0 Å². The number of rotatable bonds is 2. The second-order valence-corrected chi connectivity index (χ2v) is 3.67. The molecule has 0 atom stereocenters. The van der Waals surface area contributed by atoms with Crippen LogP contribution in [0.25, 0.3) is 0 Å². The topological polar surface area (TPSA) is 61.8 Å². The highest BCUT2D eigenvalue weighted by molar-refractivity contribution is 5.89. The molecule has 1 aliphatic heterocycles. The van der Waals surface area contributed by atoms with Crippen molar-refractivity contribution in [3.05, 3.63) is 4.91 Å². The van der Waals surface area contributed by atoms with Gasteiger partial charge in [-0.3, -0.25) is 4.79 Å². The van der Waals surface area contributed by atoms with E-state index >= 15 is 0 Å². The Labute approximate surface area is 76.4 Å². The molecule has 1 saturated carbocycles. The molecule has 1 aliphatic carbocycles. The van der Waals surface area contributed by atoms with Gasteiger partial charge >= 0.3 is 0 Å². The summed E-state index contributed by atoms with van der Waals surface area (Å²) in [5.74, 6) is -0.0657. The van der Waals surface area contributed by atoms with Gasteiger partial charge in [0.1, 0.15) is 0 Å². The van der Waals surface area contributed by atoms with Crippen LogP contribution in [0.15, 0.2) is 5.18 Å². The molecule has 0 bridgehead atoms. The molecule has 0 spiro atoms. The summed E-state index contributed by atoms with van der Waals surface area (Å²) in [6.07, 6.45) is 1.28. The fraction of sp³-hybridized carbons (Fsp3) is 0.875. The minimum absolute atomic E-state index is 0.0657. The Balaban J connectivity index is 1.99. The summed E-state index contributed by atoms with van der Waals surface area (Å²) in [5, 5.41) is 6.10. The molecule has 5 heteroatoms. The number of amides is 1. The van der Waals surface area contributed by atoms with E-state index in [1.54, 1.807) is 4.90 Å². The number of nitrogens with zero attached hydrogens (tertiary/aromatic N) is 2. The van der Waals surface area contributed by atoms with Gasteiger partial charge in [0.15, 0.2) is 5.54 Å². The Hall–Kier alpha value is -0.970. The van der Waals surface area contributed by atoms with Crippen molar-refractivity contribution in [2.24, 2.45) is 5.18 Å². The van der Waals surface area contributed by atoms with Crippen molar-refractivity contribution in [1.82, 2.24) is 10.2 Å². The third kappa shape index (κ3) is 1.44. The van der Waals surface area contributed by atoms with Crippen LogP contribution in [-0.4, -0.2) is 42.5 Å². The van der Waals surface area contributed by atoms with Crippen molar-refractivity contribution in [2.75, 3.05) is 26.2 Å². The largest absolute Gasteiger partial charge is 0.338 e. The van der Waals surface area contributed by atoms with E-state index < -0.39 is 5.54 Å². The van der Waals surface area contributed by atoms with Gasteiger partial charge in [-0.1, -0.05) is 5.18 Å². The van der Waals surface area contributed by atoms with E-state index in [4.69, 9.17) is 0 Å². The molecule has 5 nitrogen and oxygen atoms in total. The van der Waals surface area contributed by atoms with E-state index in [1.165, 1.54) is 0 Å². The van der Waals surface area contributed by atoms with Crippen molar-refractivity contribution >= 4 is 5.91 Å². The van der Waals surface area contributed by atoms with E-state index in [9.17, 15) is 9.70 Å². The molecule has 0 aromatic rings. The number of piperazine rings is 1. The zero-order valence-corrected chi connectivity index (χ0v) is 7.45. The summed E-state index contributed by atoms with van der Waals surface area (Å²) in [6.45, 7) is 3.05. The maximum absolute atomic E-state index is 11.7. The summed E-state index contributed by atoms with van der Waals surface area (Å²) >= 11 is 0. The lowest BCUT2D eigenvalue weighted by Gasteiger charge is -2.28. The fourth-order valence-corrected chi connectivity index (χ4v) is 1.62. The van der Waals surface area contributed by atoms with Crippen LogP contribution >= 0.6 is 0 Å². The van der Waals surface area contributed by atoms with Gasteiger partial charge in [-0.05, 0) is 12.8 Å². The van der Waals surface area contributed by atoms with Crippen LogP contribution in [0.2, 0.25) is 0 Å². The van der Waals surface area contributed by atoms with Crippen LogP contribution in [0.4, 0.5) is 0 Å². The number of carbonyl (C=O) groups excluding carboxylic acids is 1. The molecule has 0 unspecified atom stereocenters. The van der Waals surface area contributed by atoms with Crippen LogP contribution in [0.1, 0.15) is 12.8 Å². The van der Waals surface area contributed by atoms with Gasteiger partial charge in [0, 0.05) is 26.2 Å². The molecule has 13 heavy (non-hydrogen) atoms. The van der Waals surface area contributed by atoms with E-state index in [2.05, 4.69) is 10.5 Å². The molecule has 1 saturated heterocycles. The maximum atomic E-state index is 11.7. The minimum Gasteiger partial charge on any atom is -0.338 e. The molecule has 1 heterocycles. The van der Waals surface area contributed by atoms with E-state index in [-0.39, 0.29) is 5.91 Å². The molecule has 1 amide bonds. The lowest BCUT2D eigenvalue weighted by molar-refractivity contribution is -0.134. The number of carbonyl (C=O) groups is 1. The number of nitrogens with one attached hydrogen (secondary N) is 1. The average molecular weight is 183 g/mol. The Morgan fingerprint density at radius 2 is 1.92 bits per heavy atom. The smallest absolute Gasteiger partial charge is 0.254 e. The number of hydrogen-bond acceptors (Lipinski definition) is 4. The van der Waals surface area contributed by atoms with Crippen LogP contribution in [-0.2, 0) is 4.79 Å². The fourth-order valence-electron chi connectivity index (χ4n) is 1.62. The van der Waals surface area contributed by atoms with Crippen LogP contribution in [0.5, 0.6) is 0 Å². The van der Waals surface area contributed by atoms with Crippen molar-refractivity contribution in [1.29, 1.82) is 0 Å². The van der Waals surface area contributed by atoms with Crippen molar-refractivity contribution < 1.29 is 4.79 Å². The summed E-state index contributed by atoms with van der Waals surface area (Å²) in [7, 11) is 0. The van der Waals surface area contributed by atoms with E-state index in [0.717, 1.165) is 13.1 Å². The number of nitroso groups, excluding NO2 is 1. The van der Waals surface area contributed by atoms with Crippen LogP contribution < -0.4 is 5.32 Å².